The van der Waals surface area contributed by atoms with E-state index < -0.39 is 0 Å². The molecule has 0 fully saturated rings. The van der Waals surface area contributed by atoms with E-state index >= 15 is 0 Å². The molecule has 2 aromatic rings. The Balaban J connectivity index is 2.21. The number of aromatic nitrogens is 1. The lowest BCUT2D eigenvalue weighted by molar-refractivity contribution is 0.923. The minimum Gasteiger partial charge on any atom is -0.241 e. The normalized spacial score (nSPS) is 10.8. The number of hydrogen-bond acceptors (Lipinski definition) is 3. The van der Waals surface area contributed by atoms with E-state index in [0.717, 1.165) is 24.3 Å². The van der Waals surface area contributed by atoms with Gasteiger partial charge in [0.1, 0.15) is 0 Å². The predicted molar refractivity (Wildman–Crippen MR) is 79.2 cm³/mol. The van der Waals surface area contributed by atoms with Gasteiger partial charge in [-0.2, -0.15) is 12.6 Å². The second kappa shape index (κ2) is 5.69. The Labute approximate surface area is 112 Å². The van der Waals surface area contributed by atoms with Crippen LogP contribution in [0.2, 0.25) is 0 Å². The van der Waals surface area contributed by atoms with Gasteiger partial charge in [0, 0.05) is 17.4 Å². The monoisotopic (exact) mass is 263 g/mol. The maximum atomic E-state index is 4.67. The van der Waals surface area contributed by atoms with E-state index in [-0.39, 0.29) is 0 Å². The third kappa shape index (κ3) is 3.11. The highest BCUT2D eigenvalue weighted by atomic mass is 32.1. The van der Waals surface area contributed by atoms with Crippen molar-refractivity contribution in [2.45, 2.75) is 26.7 Å². The van der Waals surface area contributed by atoms with Crippen LogP contribution >= 0.6 is 24.0 Å². The molecular weight excluding hydrogens is 246 g/mol. The quantitative estimate of drug-likeness (QED) is 0.812. The van der Waals surface area contributed by atoms with Crippen LogP contribution in [0.1, 0.15) is 22.6 Å². The van der Waals surface area contributed by atoms with Crippen LogP contribution in [-0.4, -0.2) is 10.7 Å². The summed E-state index contributed by atoms with van der Waals surface area (Å²) in [7, 11) is 0. The molecule has 2 rings (SSSR count). The van der Waals surface area contributed by atoms with Crippen LogP contribution in [-0.2, 0) is 6.42 Å². The van der Waals surface area contributed by atoms with Crippen molar-refractivity contribution >= 4 is 24.0 Å². The van der Waals surface area contributed by atoms with Crippen LogP contribution < -0.4 is 0 Å². The van der Waals surface area contributed by atoms with Crippen molar-refractivity contribution in [2.24, 2.45) is 0 Å². The molecule has 0 spiro atoms. The summed E-state index contributed by atoms with van der Waals surface area (Å²) < 4.78 is 0. The van der Waals surface area contributed by atoms with Crippen LogP contribution in [0.4, 0.5) is 0 Å². The van der Waals surface area contributed by atoms with Gasteiger partial charge in [-0.3, -0.25) is 0 Å². The van der Waals surface area contributed by atoms with Gasteiger partial charge in [0.05, 0.1) is 10.7 Å². The second-order valence-corrected chi connectivity index (χ2v) is 5.64. The lowest BCUT2D eigenvalue weighted by Crippen LogP contribution is -1.87. The molecule has 0 unspecified atom stereocenters. The van der Waals surface area contributed by atoms with E-state index in [0.29, 0.717) is 0 Å². The van der Waals surface area contributed by atoms with Crippen LogP contribution in [0.5, 0.6) is 0 Å². The molecule has 0 N–H and O–H groups in total. The van der Waals surface area contributed by atoms with Crippen LogP contribution in [0.15, 0.2) is 23.6 Å². The molecule has 0 saturated carbocycles. The number of aryl methyl sites for hydroxylation is 3. The Kier molecular flexibility index (Phi) is 4.24. The number of rotatable bonds is 4. The summed E-state index contributed by atoms with van der Waals surface area (Å²) >= 11 is 5.98. The summed E-state index contributed by atoms with van der Waals surface area (Å²) in [5.41, 5.74) is 4.99. The van der Waals surface area contributed by atoms with Crippen molar-refractivity contribution in [1.82, 2.24) is 4.98 Å². The minimum atomic E-state index is 0.929. The first-order valence-corrected chi connectivity index (χ1v) is 7.35. The number of benzene rings is 1. The molecule has 1 heterocycles. The summed E-state index contributed by atoms with van der Waals surface area (Å²) in [6.45, 7) is 4.28. The van der Waals surface area contributed by atoms with E-state index in [2.05, 4.69) is 55.0 Å². The topological polar surface area (TPSA) is 12.9 Å². The average Bonchev–Trinajstić information content (AvgIpc) is 2.79. The highest BCUT2D eigenvalue weighted by Gasteiger charge is 2.05. The van der Waals surface area contributed by atoms with Crippen molar-refractivity contribution in [1.29, 1.82) is 0 Å². The summed E-state index contributed by atoms with van der Waals surface area (Å²) in [6.07, 6.45) is 2.14. The fourth-order valence-electron chi connectivity index (χ4n) is 1.69. The molecule has 0 radical (unpaired) electrons. The lowest BCUT2D eigenvalue weighted by Gasteiger charge is -2.02. The molecule has 17 heavy (non-hydrogen) atoms. The SMILES string of the molecule is Cc1ccc(-c2csc(CCCS)n2)cc1C. The van der Waals surface area contributed by atoms with Gasteiger partial charge in [-0.25, -0.2) is 4.98 Å². The second-order valence-electron chi connectivity index (χ2n) is 4.25. The molecular formula is C14H17NS2. The molecule has 0 bridgehead atoms. The molecule has 0 aliphatic carbocycles. The van der Waals surface area contributed by atoms with Crippen molar-refractivity contribution in [3.05, 3.63) is 39.7 Å². The average molecular weight is 263 g/mol. The van der Waals surface area contributed by atoms with Crippen molar-refractivity contribution in [3.63, 3.8) is 0 Å². The van der Waals surface area contributed by atoms with Crippen molar-refractivity contribution in [3.8, 4) is 11.3 Å². The van der Waals surface area contributed by atoms with Gasteiger partial charge in [0.2, 0.25) is 0 Å². The van der Waals surface area contributed by atoms with E-state index in [9.17, 15) is 0 Å². The molecule has 1 nitrogen and oxygen atoms in total. The zero-order chi connectivity index (χ0) is 12.3. The minimum absolute atomic E-state index is 0.929. The van der Waals surface area contributed by atoms with Crippen LogP contribution in [0, 0.1) is 13.8 Å². The highest BCUT2D eigenvalue weighted by Crippen LogP contribution is 2.24. The standard InChI is InChI=1S/C14H17NS2/c1-10-5-6-12(8-11(10)2)13-9-17-14(15-13)4-3-7-16/h5-6,8-9,16H,3-4,7H2,1-2H3. The largest absolute Gasteiger partial charge is 0.241 e. The third-order valence-electron chi connectivity index (χ3n) is 2.90. The number of hydrogen-bond donors (Lipinski definition) is 1. The fourth-order valence-corrected chi connectivity index (χ4v) is 2.70. The van der Waals surface area contributed by atoms with E-state index in [1.54, 1.807) is 11.3 Å². The molecule has 0 saturated heterocycles. The fraction of sp³-hybridized carbons (Fsp3) is 0.357. The van der Waals surface area contributed by atoms with Crippen molar-refractivity contribution < 1.29 is 0 Å². The van der Waals surface area contributed by atoms with E-state index in [1.165, 1.54) is 21.7 Å². The Bertz CT molecular complexity index is 503. The van der Waals surface area contributed by atoms with Crippen molar-refractivity contribution in [2.75, 3.05) is 5.75 Å². The third-order valence-corrected chi connectivity index (χ3v) is 4.13. The summed E-state index contributed by atoms with van der Waals surface area (Å²) in [6, 6.07) is 6.53. The lowest BCUT2D eigenvalue weighted by atomic mass is 10.1. The summed E-state index contributed by atoms with van der Waals surface area (Å²) in [5, 5.41) is 3.37. The molecule has 90 valence electrons. The van der Waals surface area contributed by atoms with Gasteiger partial charge >= 0.3 is 0 Å². The summed E-state index contributed by atoms with van der Waals surface area (Å²) in [4.78, 5) is 4.67. The molecule has 1 aromatic heterocycles. The van der Waals surface area contributed by atoms with Gasteiger partial charge in [-0.15, -0.1) is 11.3 Å². The van der Waals surface area contributed by atoms with Gasteiger partial charge < -0.3 is 0 Å². The molecule has 0 aliphatic heterocycles. The first kappa shape index (κ1) is 12.7. The number of thiazole rings is 1. The number of thiol groups is 1. The zero-order valence-electron chi connectivity index (χ0n) is 10.2. The maximum absolute atomic E-state index is 4.67. The zero-order valence-corrected chi connectivity index (χ0v) is 11.9. The Hall–Kier alpha value is -0.800. The summed E-state index contributed by atoms with van der Waals surface area (Å²) in [5.74, 6) is 0.929. The Morgan fingerprint density at radius 3 is 2.76 bits per heavy atom. The first-order chi connectivity index (χ1) is 8.20. The molecule has 1 aromatic carbocycles. The highest BCUT2D eigenvalue weighted by molar-refractivity contribution is 7.80. The smallest absolute Gasteiger partial charge is 0.0932 e. The maximum Gasteiger partial charge on any atom is 0.0932 e. The molecule has 3 heteroatoms. The van der Waals surface area contributed by atoms with Gasteiger partial charge in [-0.05, 0) is 43.2 Å². The molecule has 0 atom stereocenters. The Morgan fingerprint density at radius 1 is 1.24 bits per heavy atom. The van der Waals surface area contributed by atoms with E-state index in [4.69, 9.17) is 0 Å². The van der Waals surface area contributed by atoms with Gasteiger partial charge in [-0.1, -0.05) is 12.1 Å². The van der Waals surface area contributed by atoms with Gasteiger partial charge in [0.15, 0.2) is 0 Å². The predicted octanol–water partition coefficient (Wildman–Crippen LogP) is 4.29. The number of nitrogens with zero attached hydrogens (tertiary/aromatic N) is 1. The molecule has 0 amide bonds. The van der Waals surface area contributed by atoms with Gasteiger partial charge in [0.25, 0.3) is 0 Å². The van der Waals surface area contributed by atoms with Crippen LogP contribution in [0.3, 0.4) is 0 Å². The van der Waals surface area contributed by atoms with E-state index in [1.807, 2.05) is 0 Å². The first-order valence-electron chi connectivity index (χ1n) is 5.83. The van der Waals surface area contributed by atoms with Crippen LogP contribution in [0.25, 0.3) is 11.3 Å². The Morgan fingerprint density at radius 2 is 2.06 bits per heavy atom. The molecule has 0 aliphatic rings.